The zero-order valence-electron chi connectivity index (χ0n) is 77.8. The van der Waals surface area contributed by atoms with E-state index in [1.54, 1.807) is 70.1 Å². The van der Waals surface area contributed by atoms with E-state index >= 15 is 0 Å². The van der Waals surface area contributed by atoms with E-state index in [1.807, 2.05) is 274 Å². The van der Waals surface area contributed by atoms with Gasteiger partial charge < -0.3 is 70.6 Å². The van der Waals surface area contributed by atoms with Crippen molar-refractivity contribution in [3.63, 3.8) is 0 Å². The van der Waals surface area contributed by atoms with Gasteiger partial charge in [0.15, 0.2) is 46.0 Å². The Labute approximate surface area is 813 Å². The van der Waals surface area contributed by atoms with Crippen molar-refractivity contribution in [2.45, 2.75) is 20.8 Å². The van der Waals surface area contributed by atoms with Crippen LogP contribution in [0.5, 0.6) is 51.7 Å². The summed E-state index contributed by atoms with van der Waals surface area (Å²) in [5, 5.41) is 51.7. The molecule has 143 heavy (non-hydrogen) atoms. The van der Waals surface area contributed by atoms with Crippen molar-refractivity contribution in [3.05, 3.63) is 443 Å². The largest absolute Gasteiger partial charge is 0.504 e. The van der Waals surface area contributed by atoms with Crippen molar-refractivity contribution >= 4 is 130 Å². The Hall–Kier alpha value is -19.0. The van der Waals surface area contributed by atoms with Crippen LogP contribution in [0.2, 0.25) is 0 Å². The summed E-state index contributed by atoms with van der Waals surface area (Å²) in [6.07, 6.45) is 9.02. The summed E-state index contributed by atoms with van der Waals surface area (Å²) >= 11 is 0. The van der Waals surface area contributed by atoms with Crippen molar-refractivity contribution in [2.24, 2.45) is 0 Å². The Kier molecular flexibility index (Phi) is 25.2. The molecular formula is C122H86O21. The molecule has 0 saturated heterocycles. The number of hydrogen-bond donors (Lipinski definition) is 4. The summed E-state index contributed by atoms with van der Waals surface area (Å²) in [7, 11) is 4.78. The highest BCUT2D eigenvalue weighted by Gasteiger charge is 2.25. The van der Waals surface area contributed by atoms with E-state index in [9.17, 15) is 49.2 Å². The Bertz CT molecular complexity index is 9330. The number of ether oxygens (including phenoxy) is 5. The van der Waals surface area contributed by atoms with E-state index in [2.05, 4.69) is 19.9 Å². The summed E-state index contributed by atoms with van der Waals surface area (Å²) in [4.78, 5) is 78.5. The molecule has 24 aromatic rings. The van der Waals surface area contributed by atoms with Crippen molar-refractivity contribution in [1.29, 1.82) is 0 Å². The van der Waals surface area contributed by atoms with Gasteiger partial charge in [0.05, 0.1) is 87.0 Å². The van der Waals surface area contributed by atoms with E-state index in [4.69, 9.17) is 50.2 Å². The Morgan fingerprint density at radius 3 is 0.993 bits per heavy atom. The van der Waals surface area contributed by atoms with Gasteiger partial charge in [0.25, 0.3) is 0 Å². The first-order valence-electron chi connectivity index (χ1n) is 45.7. The fourth-order valence-corrected chi connectivity index (χ4v) is 18.4. The number of aromatic hydroxyl groups is 4. The molecule has 6 aromatic heterocycles. The average Bonchev–Trinajstić information content (AvgIpc) is 0.739. The Balaban J connectivity index is 0.000000105. The highest BCUT2D eigenvalue weighted by Crippen LogP contribution is 2.45. The molecule has 0 unspecified atom stereocenters. The summed E-state index contributed by atoms with van der Waals surface area (Å²) < 4.78 is 62.0. The fraction of sp³-hybridized carbons (Fsp3) is 0.0656. The molecule has 21 heteroatoms. The van der Waals surface area contributed by atoms with Gasteiger partial charge in [0.2, 0.25) is 32.6 Å². The highest BCUT2D eigenvalue weighted by molar-refractivity contribution is 6.15. The van der Waals surface area contributed by atoms with Gasteiger partial charge in [-0.3, -0.25) is 28.8 Å². The van der Waals surface area contributed by atoms with Gasteiger partial charge in [-0.25, -0.2) is 0 Å². The van der Waals surface area contributed by atoms with Gasteiger partial charge in [-0.15, -0.1) is 0 Å². The molecule has 25 rings (SSSR count). The average molecular weight is 1890 g/mol. The van der Waals surface area contributed by atoms with Crippen LogP contribution in [0.4, 0.5) is 0 Å². The van der Waals surface area contributed by atoms with Crippen LogP contribution in [0.25, 0.3) is 197 Å². The van der Waals surface area contributed by atoms with E-state index < -0.39 is 0 Å². The lowest BCUT2D eigenvalue weighted by atomic mass is 9.96. The Morgan fingerprint density at radius 2 is 0.559 bits per heavy atom. The van der Waals surface area contributed by atoms with Crippen LogP contribution < -0.4 is 56.3 Å². The predicted molar refractivity (Wildman–Crippen MR) is 564 cm³/mol. The number of phenolic OH excluding ortho intramolecular Hbond substituents is 4. The van der Waals surface area contributed by atoms with E-state index in [1.165, 1.54) is 54.6 Å². The SMILES string of the molecule is COc1cc2c(ccc3occ(-c4ccccc4)c(=O)c32)cc1C.COc1ccc2ccc3occ(-c4ccccc4)c(=O)c3c2c1OC.Cc1ccc2c(ccc3occ(-c4ccccc4)c(=O)c32)c1C.O=c1c(-c2ccccc2)coc2ccc3c(O)c(O)ccc3c12.O=c1c(-c2ccccc2)coc2ccc3c4c(ccc3c12)OCCO4.O=c1c(-c2ccccc2)coc2ccc3ccc(O)c(O)c3c12. The van der Waals surface area contributed by atoms with Crippen molar-refractivity contribution in [3.8, 4) is 119 Å². The molecule has 0 aliphatic carbocycles. The normalized spacial score (nSPS) is 11.5. The second-order valence-corrected chi connectivity index (χ2v) is 34.0. The lowest BCUT2D eigenvalue weighted by Crippen LogP contribution is -2.15. The molecule has 0 saturated carbocycles. The molecule has 18 aromatic carbocycles. The number of fused-ring (bicyclic) bond motifs is 20. The van der Waals surface area contributed by atoms with E-state index in [-0.39, 0.29) is 61.0 Å². The van der Waals surface area contributed by atoms with Gasteiger partial charge in [-0.1, -0.05) is 231 Å². The zero-order valence-corrected chi connectivity index (χ0v) is 77.8. The molecule has 7 heterocycles. The van der Waals surface area contributed by atoms with Gasteiger partial charge >= 0.3 is 0 Å². The summed E-state index contributed by atoms with van der Waals surface area (Å²) in [5.41, 5.74) is 14.0. The topological polar surface area (TPSA) is 308 Å². The lowest BCUT2D eigenvalue weighted by molar-refractivity contribution is 0.174. The second kappa shape index (κ2) is 39.2. The van der Waals surface area contributed by atoms with Crippen LogP contribution >= 0.6 is 0 Å². The lowest BCUT2D eigenvalue weighted by Gasteiger charge is -2.20. The van der Waals surface area contributed by atoms with Crippen molar-refractivity contribution in [2.75, 3.05) is 34.5 Å². The fourth-order valence-electron chi connectivity index (χ4n) is 18.4. The second-order valence-electron chi connectivity index (χ2n) is 34.0. The quantitative estimate of drug-likeness (QED) is 0.0771. The standard InChI is InChI=1S/C21H14O4.C21H16O4.C21H16O3.C21H16O2.2C19H12O4/c22-20-16(13-4-2-1-3-5-13)12-25-17-8-7-15-14(19(17)20)6-9-18-21(15)24-11-10-23-18;1-23-17-11-9-14-8-10-16-19(18(14)21(17)24-2)20(22)15(12-25-16)13-6-4-3-5-7-13;1-13-10-15-8-9-18-20(16(15)11-19(13)23-2)21(22)17(12-24-18)14-6-4-3-5-7-14;1-13-8-9-17-16(14(13)2)10-11-19-20(17)21(22)18(12-23-19)15-6-4-3-5-7-15;20-15-8-6-12-13(18(15)21)7-9-16-17(12)19(22)14(10-23-16)11-4-2-1-3-5-11;20-14-8-6-12-7-9-15-17(16(12)19(14)22)18(21)13(10-23-15)11-4-2-1-3-5-11/h1-9,12H,10-11H2;3-12H,1-2H3;3-12H,1-2H3;3-12H,1-2H3;1-10,20-21H;1-10,20,22H. The minimum Gasteiger partial charge on any atom is -0.504 e. The monoisotopic (exact) mass is 1890 g/mol. The molecule has 0 atom stereocenters. The first kappa shape index (κ1) is 91.7. The maximum atomic E-state index is 13.3. The number of rotatable bonds is 9. The minimum absolute atomic E-state index is 0.0197. The van der Waals surface area contributed by atoms with Gasteiger partial charge in [-0.05, 0) is 195 Å². The molecule has 0 amide bonds. The minimum atomic E-state index is -0.314. The van der Waals surface area contributed by atoms with Crippen LogP contribution in [-0.4, -0.2) is 55.0 Å². The summed E-state index contributed by atoms with van der Waals surface area (Å²) in [6, 6.07) is 100. The summed E-state index contributed by atoms with van der Waals surface area (Å²) in [5.74, 6) is 2.22. The smallest absolute Gasteiger partial charge is 0.201 e. The maximum absolute atomic E-state index is 13.3. The number of aryl methyl sites for hydroxylation is 3. The first-order valence-corrected chi connectivity index (χ1v) is 45.7. The number of hydrogen-bond acceptors (Lipinski definition) is 21. The van der Waals surface area contributed by atoms with Gasteiger partial charge in [-0.2, -0.15) is 0 Å². The van der Waals surface area contributed by atoms with Crippen LogP contribution in [0.15, 0.2) is 420 Å². The van der Waals surface area contributed by atoms with Crippen molar-refractivity contribution in [1.82, 2.24) is 0 Å². The predicted octanol–water partition coefficient (Wildman–Crippen LogP) is 27.2. The number of methoxy groups -OCH3 is 3. The molecule has 0 bridgehead atoms. The third kappa shape index (κ3) is 17.3. The molecule has 0 radical (unpaired) electrons. The summed E-state index contributed by atoms with van der Waals surface area (Å²) in [6.45, 7) is 7.20. The Morgan fingerprint density at radius 1 is 0.245 bits per heavy atom. The maximum Gasteiger partial charge on any atom is 0.201 e. The van der Waals surface area contributed by atoms with Crippen molar-refractivity contribution < 1.29 is 70.6 Å². The zero-order chi connectivity index (χ0) is 98.8. The third-order valence-electron chi connectivity index (χ3n) is 25.7. The molecular weight excluding hydrogens is 1800 g/mol. The molecule has 1 aliphatic heterocycles. The highest BCUT2D eigenvalue weighted by atomic mass is 16.6. The van der Waals surface area contributed by atoms with E-state index in [0.717, 1.165) is 82.4 Å². The van der Waals surface area contributed by atoms with Gasteiger partial charge in [0, 0.05) is 37.7 Å². The van der Waals surface area contributed by atoms with Crippen LogP contribution in [0.3, 0.4) is 0 Å². The molecule has 1 aliphatic rings. The van der Waals surface area contributed by atoms with E-state index in [0.29, 0.717) is 157 Å². The van der Waals surface area contributed by atoms with Crippen LogP contribution in [0.1, 0.15) is 16.7 Å². The van der Waals surface area contributed by atoms with Crippen LogP contribution in [-0.2, 0) is 0 Å². The number of benzene rings is 18. The molecule has 0 fully saturated rings. The third-order valence-corrected chi connectivity index (χ3v) is 25.7. The molecule has 700 valence electrons. The number of phenols is 4. The first-order chi connectivity index (χ1) is 69.7. The molecule has 4 N–H and O–H groups in total. The molecule has 21 nitrogen and oxygen atoms in total. The van der Waals surface area contributed by atoms with Crippen LogP contribution in [0, 0.1) is 20.8 Å². The van der Waals surface area contributed by atoms with Gasteiger partial charge in [0.1, 0.15) is 90.0 Å². The molecule has 0 spiro atoms.